The molecule has 0 saturated heterocycles. The fourth-order valence-corrected chi connectivity index (χ4v) is 9.02. The normalized spacial score (nSPS) is 14.9. The van der Waals surface area contributed by atoms with E-state index in [1.54, 1.807) is 0 Å². The predicted octanol–water partition coefficient (Wildman–Crippen LogP) is 11.5. The molecule has 1 aliphatic rings. The van der Waals surface area contributed by atoms with Crippen molar-refractivity contribution >= 4 is 86.9 Å². The van der Waals surface area contributed by atoms with Crippen molar-refractivity contribution in [2.24, 2.45) is 9.98 Å². The summed E-state index contributed by atoms with van der Waals surface area (Å²) in [6.45, 7) is 0. The van der Waals surface area contributed by atoms with Crippen LogP contribution in [-0.2, 0) is 0 Å². The Morgan fingerprint density at radius 1 is 0.569 bits per heavy atom. The lowest BCUT2D eigenvalue weighted by atomic mass is 10.0. The Morgan fingerprint density at radius 2 is 1.27 bits per heavy atom. The van der Waals surface area contributed by atoms with Crippen LogP contribution in [0.4, 0.5) is 0 Å². The van der Waals surface area contributed by atoms with Crippen LogP contribution < -0.4 is 5.32 Å². The largest absolute Gasteiger partial charge is 0.456 e. The zero-order chi connectivity index (χ0) is 33.5. The number of amidine groups is 2. The molecule has 7 aromatic carbocycles. The zero-order valence-corrected chi connectivity index (χ0v) is 28.1. The van der Waals surface area contributed by atoms with Crippen LogP contribution in [0.25, 0.3) is 69.6 Å². The molecule has 5 nitrogen and oxygen atoms in total. The van der Waals surface area contributed by atoms with Crippen LogP contribution in [-0.4, -0.2) is 16.2 Å². The molecular weight excluding hydrogens is 645 g/mol. The third-order valence-corrected chi connectivity index (χ3v) is 11.3. The van der Waals surface area contributed by atoms with E-state index in [4.69, 9.17) is 14.4 Å². The molecule has 3 aromatic heterocycles. The Kier molecular flexibility index (Phi) is 6.12. The summed E-state index contributed by atoms with van der Waals surface area (Å²) in [7, 11) is 0. The Morgan fingerprint density at radius 3 is 2.10 bits per heavy atom. The molecule has 0 fully saturated rings. The number of fused-ring (bicyclic) bond motifs is 9. The van der Waals surface area contributed by atoms with E-state index in [0.29, 0.717) is 5.84 Å². The highest BCUT2D eigenvalue weighted by atomic mass is 32.1. The molecule has 1 aliphatic heterocycles. The molecule has 0 spiro atoms. The summed E-state index contributed by atoms with van der Waals surface area (Å²) in [6, 6.07) is 55.4. The first-order valence-corrected chi connectivity index (χ1v) is 17.9. The molecule has 10 aromatic rings. The molecule has 0 bridgehead atoms. The molecular formula is C45H28N4OS. The van der Waals surface area contributed by atoms with Crippen LogP contribution in [0.3, 0.4) is 0 Å². The van der Waals surface area contributed by atoms with E-state index in [0.717, 1.165) is 50.2 Å². The molecule has 0 aliphatic carbocycles. The van der Waals surface area contributed by atoms with Crippen molar-refractivity contribution in [3.05, 3.63) is 174 Å². The molecule has 1 unspecified atom stereocenters. The Labute approximate surface area is 296 Å². The Balaban J connectivity index is 1.09. The van der Waals surface area contributed by atoms with Crippen molar-refractivity contribution in [2.45, 2.75) is 6.17 Å². The van der Waals surface area contributed by atoms with Crippen molar-refractivity contribution < 1.29 is 4.42 Å². The van der Waals surface area contributed by atoms with Crippen molar-refractivity contribution in [1.29, 1.82) is 0 Å². The number of hydrogen-bond acceptors (Lipinski definition) is 5. The van der Waals surface area contributed by atoms with E-state index in [2.05, 4.69) is 149 Å². The van der Waals surface area contributed by atoms with Gasteiger partial charge in [-0.25, -0.2) is 9.98 Å². The number of nitrogens with zero attached hydrogens (tertiary/aromatic N) is 3. The second-order valence-corrected chi connectivity index (χ2v) is 14.0. The van der Waals surface area contributed by atoms with E-state index >= 15 is 0 Å². The Hall–Kier alpha value is -6.50. The van der Waals surface area contributed by atoms with Crippen LogP contribution in [0.1, 0.15) is 22.9 Å². The van der Waals surface area contributed by atoms with Gasteiger partial charge in [0.15, 0.2) is 5.84 Å². The second-order valence-electron chi connectivity index (χ2n) is 13.0. The molecule has 240 valence electrons. The predicted molar refractivity (Wildman–Crippen MR) is 213 cm³/mol. The number of aliphatic imine (C=N–C) groups is 2. The number of para-hydroxylation sites is 2. The highest BCUT2D eigenvalue weighted by Gasteiger charge is 2.25. The summed E-state index contributed by atoms with van der Waals surface area (Å²) in [6.07, 6.45) is -0.322. The summed E-state index contributed by atoms with van der Waals surface area (Å²) in [5.41, 5.74) is 8.13. The summed E-state index contributed by atoms with van der Waals surface area (Å²) < 4.78 is 11.5. The number of aromatic nitrogens is 1. The van der Waals surface area contributed by atoms with Gasteiger partial charge in [0.1, 0.15) is 23.2 Å². The van der Waals surface area contributed by atoms with Crippen molar-refractivity contribution in [3.8, 4) is 5.69 Å². The summed E-state index contributed by atoms with van der Waals surface area (Å²) in [5, 5.41) is 10.8. The number of rotatable bonds is 4. The smallest absolute Gasteiger partial charge is 0.159 e. The molecule has 11 rings (SSSR count). The summed E-state index contributed by atoms with van der Waals surface area (Å²) in [4.78, 5) is 10.4. The van der Waals surface area contributed by atoms with Gasteiger partial charge in [-0.15, -0.1) is 11.3 Å². The quantitative estimate of drug-likeness (QED) is 0.202. The topological polar surface area (TPSA) is 54.8 Å². The van der Waals surface area contributed by atoms with Gasteiger partial charge in [0.25, 0.3) is 0 Å². The average molecular weight is 673 g/mol. The number of benzene rings is 7. The lowest BCUT2D eigenvalue weighted by Gasteiger charge is -2.24. The van der Waals surface area contributed by atoms with Gasteiger partial charge < -0.3 is 14.3 Å². The third-order valence-electron chi connectivity index (χ3n) is 10.1. The zero-order valence-electron chi connectivity index (χ0n) is 27.2. The first kappa shape index (κ1) is 28.3. The van der Waals surface area contributed by atoms with Crippen molar-refractivity contribution in [2.75, 3.05) is 0 Å². The summed E-state index contributed by atoms with van der Waals surface area (Å²) >= 11 is 1.82. The lowest BCUT2D eigenvalue weighted by molar-refractivity contribution is 0.668. The fourth-order valence-electron chi connectivity index (χ4n) is 7.78. The van der Waals surface area contributed by atoms with Gasteiger partial charge >= 0.3 is 0 Å². The second kappa shape index (κ2) is 11.0. The van der Waals surface area contributed by atoms with Crippen LogP contribution in [0.5, 0.6) is 0 Å². The van der Waals surface area contributed by atoms with Crippen LogP contribution in [0.15, 0.2) is 172 Å². The van der Waals surface area contributed by atoms with Gasteiger partial charge in [-0.3, -0.25) is 0 Å². The molecule has 0 saturated carbocycles. The summed E-state index contributed by atoms with van der Waals surface area (Å²) in [5.74, 6) is 1.46. The third kappa shape index (κ3) is 4.33. The maximum atomic E-state index is 6.63. The SMILES string of the molecule is c1ccc(C2=NC(c3ccc4c(c3)oc3cccc(-n5c6ccccc6c6ccccc65)c34)=NC(c3cccc4c3sc3ccccc34)N2)cc1. The molecule has 4 heterocycles. The van der Waals surface area contributed by atoms with E-state index in [1.165, 1.54) is 42.0 Å². The van der Waals surface area contributed by atoms with Gasteiger partial charge in [-0.2, -0.15) is 0 Å². The van der Waals surface area contributed by atoms with Gasteiger partial charge in [0.05, 0.1) is 22.1 Å². The highest BCUT2D eigenvalue weighted by molar-refractivity contribution is 7.26. The van der Waals surface area contributed by atoms with Crippen LogP contribution in [0.2, 0.25) is 0 Å². The number of hydrogen-bond donors (Lipinski definition) is 1. The standard InChI is InChI=1S/C45H28N4OS/c1-2-12-27(13-3-1)43-46-44(48-45(47-43)34-18-10-17-32-31-16-6-9-23-40(31)51-42(32)34)28-24-25-33-39(26-28)50-38-22-11-21-37(41(33)38)49-35-19-7-4-14-29(35)30-15-5-8-20-36(30)49/h1-26,45H,(H,46,47,48). The first-order chi connectivity index (χ1) is 25.3. The van der Waals surface area contributed by atoms with E-state index < -0.39 is 0 Å². The fraction of sp³-hybridized carbons (Fsp3) is 0.0222. The number of furan rings is 1. The Bertz CT molecular complexity index is 3020. The monoisotopic (exact) mass is 672 g/mol. The molecule has 0 radical (unpaired) electrons. The first-order valence-electron chi connectivity index (χ1n) is 17.1. The van der Waals surface area contributed by atoms with Gasteiger partial charge in [0, 0.05) is 53.0 Å². The average Bonchev–Trinajstić information content (AvgIpc) is 3.87. The van der Waals surface area contributed by atoms with Gasteiger partial charge in [0.2, 0.25) is 0 Å². The lowest BCUT2D eigenvalue weighted by Crippen LogP contribution is -2.33. The van der Waals surface area contributed by atoms with Crippen molar-refractivity contribution in [1.82, 2.24) is 9.88 Å². The van der Waals surface area contributed by atoms with Crippen LogP contribution in [0, 0.1) is 0 Å². The number of nitrogens with one attached hydrogen (secondary N) is 1. The van der Waals surface area contributed by atoms with E-state index in [-0.39, 0.29) is 6.17 Å². The highest BCUT2D eigenvalue weighted by Crippen LogP contribution is 2.41. The van der Waals surface area contributed by atoms with E-state index in [1.807, 2.05) is 29.5 Å². The minimum Gasteiger partial charge on any atom is -0.456 e. The number of thiophene rings is 1. The molecule has 1 atom stereocenters. The molecule has 6 heteroatoms. The van der Waals surface area contributed by atoms with Crippen LogP contribution >= 0.6 is 11.3 Å². The van der Waals surface area contributed by atoms with Gasteiger partial charge in [-0.05, 0) is 42.5 Å². The van der Waals surface area contributed by atoms with Crippen molar-refractivity contribution in [3.63, 3.8) is 0 Å². The minimum atomic E-state index is -0.322. The molecule has 51 heavy (non-hydrogen) atoms. The molecule has 1 N–H and O–H groups in total. The minimum absolute atomic E-state index is 0.322. The van der Waals surface area contributed by atoms with E-state index in [9.17, 15) is 0 Å². The maximum absolute atomic E-state index is 6.63. The molecule has 0 amide bonds. The van der Waals surface area contributed by atoms with Gasteiger partial charge in [-0.1, -0.05) is 115 Å². The maximum Gasteiger partial charge on any atom is 0.159 e.